The number of rotatable bonds is 5. The molecule has 2 N–H and O–H groups in total. The van der Waals surface area contributed by atoms with Crippen molar-refractivity contribution in [3.8, 4) is 0 Å². The standard InChI is InChI=1S/C20H24FN3O3S/c1-14-11-18(8-9-19(14)21)28(26,27)17-6-4-16(5-7-17)24-20(25)23-13-15-3-2-10-22-12-15/h2-7,10,12,14,18-19H,8-9,11,13H2,1H3,(H2,23,24,25). The second kappa shape index (κ2) is 8.68. The number of nitrogens with zero attached hydrogens (tertiary/aromatic N) is 1. The molecule has 3 rings (SSSR count). The summed E-state index contributed by atoms with van der Waals surface area (Å²) in [6, 6.07) is 9.33. The third kappa shape index (κ3) is 4.86. The molecule has 0 radical (unpaired) electrons. The lowest BCUT2D eigenvalue weighted by Gasteiger charge is -2.29. The molecule has 0 saturated heterocycles. The highest BCUT2D eigenvalue weighted by Gasteiger charge is 2.35. The van der Waals surface area contributed by atoms with E-state index < -0.39 is 27.3 Å². The van der Waals surface area contributed by atoms with Crippen molar-refractivity contribution in [2.45, 2.75) is 49.0 Å². The van der Waals surface area contributed by atoms with Gasteiger partial charge in [0.2, 0.25) is 0 Å². The fourth-order valence-electron chi connectivity index (χ4n) is 3.37. The highest BCUT2D eigenvalue weighted by atomic mass is 32.2. The van der Waals surface area contributed by atoms with E-state index in [-0.39, 0.29) is 17.2 Å². The van der Waals surface area contributed by atoms with Gasteiger partial charge in [0.05, 0.1) is 10.1 Å². The Labute approximate surface area is 164 Å². The van der Waals surface area contributed by atoms with Crippen molar-refractivity contribution in [3.05, 3.63) is 54.4 Å². The molecule has 1 heterocycles. The Morgan fingerprint density at radius 1 is 1.21 bits per heavy atom. The van der Waals surface area contributed by atoms with Crippen LogP contribution in [0.25, 0.3) is 0 Å². The number of hydrogen-bond donors (Lipinski definition) is 2. The number of halogens is 1. The maximum atomic E-state index is 13.6. The summed E-state index contributed by atoms with van der Waals surface area (Å²) >= 11 is 0. The molecule has 3 unspecified atom stereocenters. The van der Waals surface area contributed by atoms with E-state index in [0.29, 0.717) is 25.1 Å². The van der Waals surface area contributed by atoms with Gasteiger partial charge in [-0.15, -0.1) is 0 Å². The summed E-state index contributed by atoms with van der Waals surface area (Å²) in [5.74, 6) is -0.252. The van der Waals surface area contributed by atoms with Crippen LogP contribution in [0.4, 0.5) is 14.9 Å². The predicted molar refractivity (Wildman–Crippen MR) is 105 cm³/mol. The number of hydrogen-bond acceptors (Lipinski definition) is 4. The molecule has 1 aliphatic rings. The second-order valence-corrected chi connectivity index (χ2v) is 9.39. The zero-order chi connectivity index (χ0) is 20.1. The monoisotopic (exact) mass is 405 g/mol. The highest BCUT2D eigenvalue weighted by molar-refractivity contribution is 7.92. The summed E-state index contributed by atoms with van der Waals surface area (Å²) in [5.41, 5.74) is 1.36. The zero-order valence-corrected chi connectivity index (χ0v) is 16.5. The van der Waals surface area contributed by atoms with Crippen LogP contribution in [-0.2, 0) is 16.4 Å². The smallest absolute Gasteiger partial charge is 0.319 e. The first-order valence-corrected chi connectivity index (χ1v) is 10.8. The second-order valence-electron chi connectivity index (χ2n) is 7.17. The highest BCUT2D eigenvalue weighted by Crippen LogP contribution is 2.33. The molecule has 0 bridgehead atoms. The van der Waals surface area contributed by atoms with Crippen LogP contribution in [0.15, 0.2) is 53.7 Å². The van der Waals surface area contributed by atoms with Crippen molar-refractivity contribution in [1.29, 1.82) is 0 Å². The van der Waals surface area contributed by atoms with Gasteiger partial charge >= 0.3 is 6.03 Å². The molecule has 6 nitrogen and oxygen atoms in total. The number of benzene rings is 1. The Kier molecular flexibility index (Phi) is 6.28. The first-order valence-electron chi connectivity index (χ1n) is 9.28. The van der Waals surface area contributed by atoms with Gasteiger partial charge in [-0.3, -0.25) is 4.98 Å². The van der Waals surface area contributed by atoms with E-state index in [9.17, 15) is 17.6 Å². The van der Waals surface area contributed by atoms with E-state index >= 15 is 0 Å². The fraction of sp³-hybridized carbons (Fsp3) is 0.400. The number of anilines is 1. The molecule has 2 aromatic rings. The van der Waals surface area contributed by atoms with Crippen LogP contribution in [-0.4, -0.2) is 30.9 Å². The van der Waals surface area contributed by atoms with E-state index in [0.717, 1.165) is 5.56 Å². The SMILES string of the molecule is CC1CC(S(=O)(=O)c2ccc(NC(=O)NCc3cccnc3)cc2)CCC1F. The molecule has 1 aliphatic carbocycles. The van der Waals surface area contributed by atoms with Crippen LogP contribution >= 0.6 is 0 Å². The van der Waals surface area contributed by atoms with Crippen LogP contribution in [0.1, 0.15) is 31.7 Å². The Balaban J connectivity index is 1.59. The van der Waals surface area contributed by atoms with Crippen LogP contribution in [0.5, 0.6) is 0 Å². The fourth-order valence-corrected chi connectivity index (χ4v) is 5.28. The van der Waals surface area contributed by atoms with Gasteiger partial charge in [0.25, 0.3) is 0 Å². The third-order valence-corrected chi connectivity index (χ3v) is 7.31. The lowest BCUT2D eigenvalue weighted by molar-refractivity contribution is 0.181. The first-order chi connectivity index (χ1) is 13.4. The van der Waals surface area contributed by atoms with Gasteiger partial charge in [-0.2, -0.15) is 0 Å². The molecule has 150 valence electrons. The van der Waals surface area contributed by atoms with Crippen molar-refractivity contribution in [2.24, 2.45) is 5.92 Å². The van der Waals surface area contributed by atoms with Gasteiger partial charge in [0.15, 0.2) is 9.84 Å². The van der Waals surface area contributed by atoms with Crippen LogP contribution in [0, 0.1) is 5.92 Å². The van der Waals surface area contributed by atoms with E-state index in [1.165, 1.54) is 12.1 Å². The quantitative estimate of drug-likeness (QED) is 0.794. The summed E-state index contributed by atoms with van der Waals surface area (Å²) in [7, 11) is -3.51. The minimum absolute atomic E-state index is 0.198. The Hall–Kier alpha value is -2.48. The molecule has 1 saturated carbocycles. The van der Waals surface area contributed by atoms with Crippen LogP contribution in [0.2, 0.25) is 0 Å². The normalized spacial score (nSPS) is 22.4. The van der Waals surface area contributed by atoms with Crippen molar-refractivity contribution in [2.75, 3.05) is 5.32 Å². The number of aromatic nitrogens is 1. The molecule has 1 aromatic heterocycles. The minimum Gasteiger partial charge on any atom is -0.334 e. The van der Waals surface area contributed by atoms with E-state index in [4.69, 9.17) is 0 Å². The lowest BCUT2D eigenvalue weighted by Crippen LogP contribution is -2.33. The average molecular weight is 405 g/mol. The van der Waals surface area contributed by atoms with Crippen LogP contribution in [0.3, 0.4) is 0 Å². The minimum atomic E-state index is -3.51. The number of pyridine rings is 1. The number of nitrogens with one attached hydrogen (secondary N) is 2. The maximum Gasteiger partial charge on any atom is 0.319 e. The number of sulfone groups is 1. The topological polar surface area (TPSA) is 88.2 Å². The van der Waals surface area contributed by atoms with Gasteiger partial charge in [0.1, 0.15) is 6.17 Å². The number of alkyl halides is 1. The molecule has 3 atom stereocenters. The maximum absolute atomic E-state index is 13.6. The molecule has 0 aliphatic heterocycles. The van der Waals surface area contributed by atoms with E-state index in [1.807, 2.05) is 6.07 Å². The van der Waals surface area contributed by atoms with Gasteiger partial charge in [-0.05, 0) is 61.1 Å². The summed E-state index contributed by atoms with van der Waals surface area (Å²) < 4.78 is 39.3. The molecular formula is C20H24FN3O3S. The van der Waals surface area contributed by atoms with Gasteiger partial charge in [-0.25, -0.2) is 17.6 Å². The van der Waals surface area contributed by atoms with Crippen molar-refractivity contribution in [1.82, 2.24) is 10.3 Å². The summed E-state index contributed by atoms with van der Waals surface area (Å²) in [4.78, 5) is 16.2. The molecule has 1 aromatic carbocycles. The number of carbonyl (C=O) groups excluding carboxylic acids is 1. The third-order valence-electron chi connectivity index (χ3n) is 5.07. The van der Waals surface area contributed by atoms with Crippen LogP contribution < -0.4 is 10.6 Å². The largest absolute Gasteiger partial charge is 0.334 e. The van der Waals surface area contributed by atoms with Crippen molar-refractivity contribution >= 4 is 21.6 Å². The first kappa shape index (κ1) is 20.3. The molecule has 1 fully saturated rings. The number of amides is 2. The zero-order valence-electron chi connectivity index (χ0n) is 15.6. The Morgan fingerprint density at radius 3 is 2.61 bits per heavy atom. The van der Waals surface area contributed by atoms with Crippen molar-refractivity contribution < 1.29 is 17.6 Å². The Bertz CT molecular complexity index is 904. The lowest BCUT2D eigenvalue weighted by atomic mass is 9.89. The summed E-state index contributed by atoms with van der Waals surface area (Å²) in [5, 5.41) is 4.82. The molecule has 28 heavy (non-hydrogen) atoms. The van der Waals surface area contributed by atoms with E-state index in [2.05, 4.69) is 15.6 Å². The van der Waals surface area contributed by atoms with Crippen molar-refractivity contribution in [3.63, 3.8) is 0 Å². The molecule has 0 spiro atoms. The van der Waals surface area contributed by atoms with Gasteiger partial charge in [0, 0.05) is 24.6 Å². The van der Waals surface area contributed by atoms with E-state index in [1.54, 1.807) is 37.5 Å². The number of urea groups is 1. The Morgan fingerprint density at radius 2 is 1.96 bits per heavy atom. The predicted octanol–water partition coefficient (Wildman–Crippen LogP) is 3.70. The summed E-state index contributed by atoms with van der Waals surface area (Å²) in [6.07, 6.45) is 3.34. The number of carbonyl (C=O) groups is 1. The average Bonchev–Trinajstić information content (AvgIpc) is 2.69. The van der Waals surface area contributed by atoms with Gasteiger partial charge in [-0.1, -0.05) is 13.0 Å². The van der Waals surface area contributed by atoms with Gasteiger partial charge < -0.3 is 10.6 Å². The molecule has 8 heteroatoms. The molecular weight excluding hydrogens is 381 g/mol. The molecule has 2 amide bonds. The summed E-state index contributed by atoms with van der Waals surface area (Å²) in [6.45, 7) is 2.09.